The van der Waals surface area contributed by atoms with Gasteiger partial charge in [-0.3, -0.25) is 4.79 Å². The van der Waals surface area contributed by atoms with Crippen LogP contribution in [0.3, 0.4) is 0 Å². The van der Waals surface area contributed by atoms with E-state index in [0.29, 0.717) is 0 Å². The van der Waals surface area contributed by atoms with Crippen LogP contribution in [0.25, 0.3) is 0 Å². The first-order valence-electron chi connectivity index (χ1n) is 5.84. The molecule has 2 rings (SSSR count). The molecular formula is C14H15NO3S. The number of aromatic hydroxyl groups is 2. The van der Waals surface area contributed by atoms with Crippen molar-refractivity contribution in [3.05, 3.63) is 46.2 Å². The fourth-order valence-corrected chi connectivity index (χ4v) is 2.62. The second-order valence-electron chi connectivity index (χ2n) is 4.28. The number of nitrogens with zero attached hydrogens (tertiary/aromatic N) is 1. The van der Waals surface area contributed by atoms with E-state index < -0.39 is 0 Å². The van der Waals surface area contributed by atoms with E-state index in [1.807, 2.05) is 24.4 Å². The first kappa shape index (κ1) is 13.4. The molecule has 0 aliphatic rings. The molecule has 0 radical (unpaired) electrons. The molecule has 0 saturated heterocycles. The Hall–Kier alpha value is -2.01. The molecule has 1 unspecified atom stereocenters. The van der Waals surface area contributed by atoms with Crippen LogP contribution < -0.4 is 0 Å². The molecule has 19 heavy (non-hydrogen) atoms. The van der Waals surface area contributed by atoms with Gasteiger partial charge in [-0.15, -0.1) is 11.3 Å². The average molecular weight is 277 g/mol. The number of carbonyl (C=O) groups is 1. The third-order valence-electron chi connectivity index (χ3n) is 3.10. The number of benzene rings is 1. The van der Waals surface area contributed by atoms with Gasteiger partial charge in [0.2, 0.25) is 0 Å². The summed E-state index contributed by atoms with van der Waals surface area (Å²) >= 11 is 1.57. The summed E-state index contributed by atoms with van der Waals surface area (Å²) in [5.41, 5.74) is 0.103. The Morgan fingerprint density at radius 2 is 2.00 bits per heavy atom. The third-order valence-corrected chi connectivity index (χ3v) is 4.14. The molecule has 2 aromatic rings. The number of amides is 1. The van der Waals surface area contributed by atoms with E-state index in [9.17, 15) is 15.0 Å². The van der Waals surface area contributed by atoms with E-state index in [4.69, 9.17) is 0 Å². The van der Waals surface area contributed by atoms with Crippen LogP contribution in [0.4, 0.5) is 0 Å². The number of phenolic OH excluding ortho intramolecular Hbond substituents is 2. The average Bonchev–Trinajstić information content (AvgIpc) is 2.93. The summed E-state index contributed by atoms with van der Waals surface area (Å²) in [5, 5.41) is 21.1. The molecule has 1 heterocycles. The molecule has 1 amide bonds. The molecule has 1 aromatic carbocycles. The molecule has 100 valence electrons. The molecular weight excluding hydrogens is 262 g/mol. The molecule has 0 bridgehead atoms. The van der Waals surface area contributed by atoms with Crippen LogP contribution in [0.1, 0.15) is 28.2 Å². The molecule has 5 heteroatoms. The van der Waals surface area contributed by atoms with Crippen LogP contribution in [0, 0.1) is 0 Å². The van der Waals surface area contributed by atoms with Gasteiger partial charge in [0, 0.05) is 11.9 Å². The number of phenols is 2. The van der Waals surface area contributed by atoms with Gasteiger partial charge in [-0.1, -0.05) is 12.1 Å². The summed E-state index contributed by atoms with van der Waals surface area (Å²) in [4.78, 5) is 14.9. The minimum Gasteiger partial charge on any atom is -0.504 e. The van der Waals surface area contributed by atoms with Crippen molar-refractivity contribution in [3.8, 4) is 11.5 Å². The van der Waals surface area contributed by atoms with E-state index in [0.717, 1.165) is 4.88 Å². The predicted molar refractivity (Wildman–Crippen MR) is 74.6 cm³/mol. The van der Waals surface area contributed by atoms with Crippen molar-refractivity contribution < 1.29 is 15.0 Å². The first-order valence-corrected chi connectivity index (χ1v) is 6.72. The number of para-hydroxylation sites is 1. The van der Waals surface area contributed by atoms with Crippen molar-refractivity contribution in [3.63, 3.8) is 0 Å². The van der Waals surface area contributed by atoms with Crippen LogP contribution >= 0.6 is 11.3 Å². The largest absolute Gasteiger partial charge is 0.504 e. The molecule has 1 aromatic heterocycles. The molecule has 0 fully saturated rings. The highest BCUT2D eigenvalue weighted by Crippen LogP contribution is 2.31. The van der Waals surface area contributed by atoms with Gasteiger partial charge in [-0.25, -0.2) is 0 Å². The van der Waals surface area contributed by atoms with Crippen LogP contribution in [-0.4, -0.2) is 28.1 Å². The normalized spacial score (nSPS) is 12.1. The highest BCUT2D eigenvalue weighted by atomic mass is 32.1. The van der Waals surface area contributed by atoms with E-state index in [1.54, 1.807) is 23.3 Å². The Morgan fingerprint density at radius 1 is 1.26 bits per heavy atom. The Balaban J connectivity index is 2.26. The van der Waals surface area contributed by atoms with Gasteiger partial charge in [-0.05, 0) is 30.5 Å². The molecule has 4 nitrogen and oxygen atoms in total. The fourth-order valence-electron chi connectivity index (χ4n) is 1.79. The zero-order valence-electron chi connectivity index (χ0n) is 10.7. The Labute approximate surface area is 115 Å². The van der Waals surface area contributed by atoms with E-state index >= 15 is 0 Å². The topological polar surface area (TPSA) is 60.8 Å². The van der Waals surface area contributed by atoms with Crippen molar-refractivity contribution in [2.75, 3.05) is 7.05 Å². The predicted octanol–water partition coefficient (Wildman–Crippen LogP) is 2.99. The molecule has 0 aliphatic heterocycles. The smallest absolute Gasteiger partial charge is 0.258 e. The lowest BCUT2D eigenvalue weighted by Crippen LogP contribution is -2.29. The van der Waals surface area contributed by atoms with Gasteiger partial charge < -0.3 is 15.1 Å². The maximum atomic E-state index is 12.3. The number of carbonyl (C=O) groups excluding carboxylic acids is 1. The summed E-state index contributed by atoms with van der Waals surface area (Å²) in [6, 6.07) is 8.17. The monoisotopic (exact) mass is 277 g/mol. The Morgan fingerprint density at radius 3 is 2.63 bits per heavy atom. The lowest BCUT2D eigenvalue weighted by Gasteiger charge is -2.24. The summed E-state index contributed by atoms with van der Waals surface area (Å²) in [7, 11) is 1.68. The number of hydrogen-bond acceptors (Lipinski definition) is 4. The number of hydrogen-bond donors (Lipinski definition) is 2. The summed E-state index contributed by atoms with van der Waals surface area (Å²) in [5.74, 6) is -0.991. The van der Waals surface area contributed by atoms with Crippen molar-refractivity contribution >= 4 is 17.2 Å². The van der Waals surface area contributed by atoms with E-state index in [2.05, 4.69) is 0 Å². The van der Waals surface area contributed by atoms with Gasteiger partial charge in [-0.2, -0.15) is 0 Å². The minimum absolute atomic E-state index is 0.0887. The standard InChI is InChI=1S/C14H15NO3S/c1-9(12-7-4-8-19-12)15(2)14(18)10-5-3-6-11(16)13(10)17/h3-9,16-17H,1-2H3. The SMILES string of the molecule is CC(c1cccs1)N(C)C(=O)c1cccc(O)c1O. The number of thiophene rings is 1. The van der Waals surface area contributed by atoms with Gasteiger partial charge in [0.25, 0.3) is 5.91 Å². The van der Waals surface area contributed by atoms with E-state index in [1.165, 1.54) is 18.2 Å². The molecule has 0 spiro atoms. The quantitative estimate of drug-likeness (QED) is 0.848. The van der Waals surface area contributed by atoms with Gasteiger partial charge >= 0.3 is 0 Å². The van der Waals surface area contributed by atoms with Gasteiger partial charge in [0.15, 0.2) is 11.5 Å². The van der Waals surface area contributed by atoms with Gasteiger partial charge in [0.1, 0.15) is 0 Å². The summed E-state index contributed by atoms with van der Waals surface area (Å²) in [6.45, 7) is 1.92. The van der Waals surface area contributed by atoms with Crippen LogP contribution in [0.2, 0.25) is 0 Å². The van der Waals surface area contributed by atoms with Crippen molar-refractivity contribution in [2.45, 2.75) is 13.0 Å². The van der Waals surface area contributed by atoms with Gasteiger partial charge in [0.05, 0.1) is 11.6 Å². The fraction of sp³-hybridized carbons (Fsp3) is 0.214. The second-order valence-corrected chi connectivity index (χ2v) is 5.26. The van der Waals surface area contributed by atoms with E-state index in [-0.39, 0.29) is 29.0 Å². The maximum absolute atomic E-state index is 12.3. The minimum atomic E-state index is -0.377. The third kappa shape index (κ3) is 2.56. The lowest BCUT2D eigenvalue weighted by atomic mass is 10.1. The van der Waals surface area contributed by atoms with Crippen LogP contribution in [0.5, 0.6) is 11.5 Å². The molecule has 0 saturated carbocycles. The first-order chi connectivity index (χ1) is 9.02. The lowest BCUT2D eigenvalue weighted by molar-refractivity contribution is 0.0741. The van der Waals surface area contributed by atoms with Crippen LogP contribution in [0.15, 0.2) is 35.7 Å². The Bertz CT molecular complexity index is 580. The molecule has 1 atom stereocenters. The summed E-state index contributed by atoms with van der Waals surface area (Å²) < 4.78 is 0. The highest BCUT2D eigenvalue weighted by molar-refractivity contribution is 7.10. The molecule has 2 N–H and O–H groups in total. The molecule has 0 aliphatic carbocycles. The van der Waals surface area contributed by atoms with Crippen LogP contribution in [-0.2, 0) is 0 Å². The zero-order chi connectivity index (χ0) is 14.0. The van der Waals surface area contributed by atoms with Crippen molar-refractivity contribution in [1.82, 2.24) is 4.90 Å². The maximum Gasteiger partial charge on any atom is 0.258 e. The van der Waals surface area contributed by atoms with Crippen molar-refractivity contribution in [1.29, 1.82) is 0 Å². The zero-order valence-corrected chi connectivity index (χ0v) is 11.5. The Kier molecular flexibility index (Phi) is 3.76. The highest BCUT2D eigenvalue weighted by Gasteiger charge is 2.22. The van der Waals surface area contributed by atoms with Crippen molar-refractivity contribution in [2.24, 2.45) is 0 Å². The summed E-state index contributed by atoms with van der Waals surface area (Å²) in [6.07, 6.45) is 0. The number of rotatable bonds is 3. The second kappa shape index (κ2) is 5.32.